The van der Waals surface area contributed by atoms with Gasteiger partial charge in [0.05, 0.1) is 4.90 Å². The molecule has 0 bridgehead atoms. The zero-order chi connectivity index (χ0) is 18.3. The number of benzene rings is 2. The lowest BCUT2D eigenvalue weighted by atomic mass is 9.97. The molecule has 0 atom stereocenters. The smallest absolute Gasteiger partial charge is 0.243 e. The van der Waals surface area contributed by atoms with Gasteiger partial charge in [0, 0.05) is 39.7 Å². The minimum Gasteiger partial charge on any atom is -0.358 e. The molecule has 0 unspecified atom stereocenters. The van der Waals surface area contributed by atoms with Crippen LogP contribution in [0.25, 0.3) is 16.5 Å². The van der Waals surface area contributed by atoms with E-state index in [9.17, 15) is 8.42 Å². The molecular weight excluding hydrogens is 412 g/mol. The Morgan fingerprint density at radius 2 is 1.81 bits per heavy atom. The van der Waals surface area contributed by atoms with E-state index in [0.29, 0.717) is 24.4 Å². The Labute approximate surface area is 161 Å². The molecule has 3 aromatic rings. The van der Waals surface area contributed by atoms with Gasteiger partial charge in [-0.25, -0.2) is 8.42 Å². The number of aryl methyl sites for hydroxylation is 1. The molecule has 2 heterocycles. The van der Waals surface area contributed by atoms with Crippen molar-refractivity contribution in [1.82, 2.24) is 9.29 Å². The predicted octanol–water partition coefficient (Wildman–Crippen LogP) is 4.72. The summed E-state index contributed by atoms with van der Waals surface area (Å²) in [4.78, 5) is 3.75. The second-order valence-electron chi connectivity index (χ2n) is 6.47. The minimum atomic E-state index is -3.46. The van der Waals surface area contributed by atoms with Crippen molar-refractivity contribution >= 4 is 42.4 Å². The average molecular weight is 431 g/mol. The maximum Gasteiger partial charge on any atom is 0.243 e. The molecular formula is C20H19BrN2O2S. The van der Waals surface area contributed by atoms with Crippen LogP contribution in [0.15, 0.2) is 64.0 Å². The average Bonchev–Trinajstić information content (AvgIpc) is 2.98. The van der Waals surface area contributed by atoms with Crippen LogP contribution in [-0.4, -0.2) is 30.8 Å². The first-order valence-corrected chi connectivity index (χ1v) is 10.7. The topological polar surface area (TPSA) is 53.2 Å². The van der Waals surface area contributed by atoms with E-state index in [1.807, 2.05) is 18.2 Å². The normalized spacial score (nSPS) is 16.0. The van der Waals surface area contributed by atoms with E-state index < -0.39 is 10.0 Å². The maximum atomic E-state index is 12.8. The first-order chi connectivity index (χ1) is 12.5. The summed E-state index contributed by atoms with van der Waals surface area (Å²) in [5.41, 5.74) is 4.66. The molecule has 0 fully saturated rings. The van der Waals surface area contributed by atoms with Crippen molar-refractivity contribution in [2.45, 2.75) is 18.2 Å². The van der Waals surface area contributed by atoms with Crippen LogP contribution < -0.4 is 0 Å². The fraction of sp³-hybridized carbons (Fsp3) is 0.200. The van der Waals surface area contributed by atoms with Crippen molar-refractivity contribution in [1.29, 1.82) is 0 Å². The lowest BCUT2D eigenvalue weighted by Crippen LogP contribution is -2.34. The van der Waals surface area contributed by atoms with Crippen LogP contribution in [0.1, 0.15) is 17.7 Å². The summed E-state index contributed by atoms with van der Waals surface area (Å²) >= 11 is 3.34. The third kappa shape index (κ3) is 3.02. The van der Waals surface area contributed by atoms with E-state index in [2.05, 4.69) is 40.0 Å². The van der Waals surface area contributed by atoms with Gasteiger partial charge in [-0.1, -0.05) is 40.2 Å². The summed E-state index contributed by atoms with van der Waals surface area (Å²) in [7, 11) is -3.46. The fourth-order valence-electron chi connectivity index (χ4n) is 3.54. The molecule has 0 spiro atoms. The van der Waals surface area contributed by atoms with Gasteiger partial charge in [0.2, 0.25) is 10.0 Å². The second kappa shape index (κ2) is 6.68. The van der Waals surface area contributed by atoms with Crippen LogP contribution in [0.2, 0.25) is 0 Å². The molecule has 0 saturated heterocycles. The molecule has 134 valence electrons. The molecule has 6 heteroatoms. The highest BCUT2D eigenvalue weighted by Gasteiger charge is 2.27. The summed E-state index contributed by atoms with van der Waals surface area (Å²) in [6.45, 7) is 2.96. The van der Waals surface area contributed by atoms with Crippen LogP contribution in [0.4, 0.5) is 0 Å². The number of H-pyrrole nitrogens is 1. The summed E-state index contributed by atoms with van der Waals surface area (Å²) in [6, 6.07) is 15.0. The summed E-state index contributed by atoms with van der Waals surface area (Å²) in [6.07, 6.45) is 2.75. The molecule has 26 heavy (non-hydrogen) atoms. The van der Waals surface area contributed by atoms with Crippen LogP contribution in [0.5, 0.6) is 0 Å². The van der Waals surface area contributed by atoms with E-state index in [4.69, 9.17) is 0 Å². The Hall–Kier alpha value is -1.89. The largest absolute Gasteiger partial charge is 0.358 e. The van der Waals surface area contributed by atoms with E-state index in [-0.39, 0.29) is 0 Å². The number of nitrogens with one attached hydrogen (secondary N) is 1. The standard InChI is InChI=1S/C20H19BrN2O2S/c1-14-20(18-4-2-3-5-19(18)22-14)15-10-12-23(13-11-15)26(24,25)17-8-6-16(21)7-9-17/h2-10,22H,11-13H2,1H3. The minimum absolute atomic E-state index is 0.334. The lowest BCUT2D eigenvalue weighted by molar-refractivity contribution is 0.441. The van der Waals surface area contributed by atoms with Gasteiger partial charge in [-0.05, 0) is 49.2 Å². The van der Waals surface area contributed by atoms with Crippen molar-refractivity contribution in [2.24, 2.45) is 0 Å². The van der Waals surface area contributed by atoms with E-state index in [1.165, 1.54) is 16.5 Å². The summed E-state index contributed by atoms with van der Waals surface area (Å²) < 4.78 is 28.1. The third-order valence-corrected chi connectivity index (χ3v) is 7.25. The van der Waals surface area contributed by atoms with Crippen LogP contribution in [-0.2, 0) is 10.0 Å². The number of halogens is 1. The van der Waals surface area contributed by atoms with Crippen LogP contribution in [0.3, 0.4) is 0 Å². The number of hydrogen-bond donors (Lipinski definition) is 1. The van der Waals surface area contributed by atoms with Crippen molar-refractivity contribution in [2.75, 3.05) is 13.1 Å². The highest BCUT2D eigenvalue weighted by atomic mass is 79.9. The highest BCUT2D eigenvalue weighted by molar-refractivity contribution is 9.10. The molecule has 0 saturated carbocycles. The van der Waals surface area contributed by atoms with Gasteiger partial charge in [0.1, 0.15) is 0 Å². The fourth-order valence-corrected chi connectivity index (χ4v) is 5.19. The number of nitrogens with zero attached hydrogens (tertiary/aromatic N) is 1. The van der Waals surface area contributed by atoms with Crippen molar-refractivity contribution < 1.29 is 8.42 Å². The Kier molecular flexibility index (Phi) is 4.50. The summed E-state index contributed by atoms with van der Waals surface area (Å²) in [5, 5.41) is 1.19. The lowest BCUT2D eigenvalue weighted by Gasteiger charge is -2.26. The van der Waals surface area contributed by atoms with E-state index in [1.54, 1.807) is 28.6 Å². The molecule has 0 radical (unpaired) electrons. The van der Waals surface area contributed by atoms with Crippen LogP contribution in [0, 0.1) is 6.92 Å². The van der Waals surface area contributed by atoms with Gasteiger partial charge in [-0.2, -0.15) is 4.31 Å². The Bertz CT molecular complexity index is 1100. The number of fused-ring (bicyclic) bond motifs is 1. The van der Waals surface area contributed by atoms with Gasteiger partial charge < -0.3 is 4.98 Å². The zero-order valence-electron chi connectivity index (χ0n) is 14.4. The molecule has 4 rings (SSSR count). The summed E-state index contributed by atoms with van der Waals surface area (Å²) in [5.74, 6) is 0. The Morgan fingerprint density at radius 3 is 2.50 bits per heavy atom. The van der Waals surface area contributed by atoms with Crippen molar-refractivity contribution in [3.05, 3.63) is 70.3 Å². The molecule has 1 N–H and O–H groups in total. The molecule has 0 amide bonds. The van der Waals surface area contributed by atoms with Crippen molar-refractivity contribution in [3.63, 3.8) is 0 Å². The molecule has 2 aromatic carbocycles. The van der Waals surface area contributed by atoms with Crippen LogP contribution >= 0.6 is 15.9 Å². The maximum absolute atomic E-state index is 12.8. The second-order valence-corrected chi connectivity index (χ2v) is 9.32. The van der Waals surface area contributed by atoms with E-state index >= 15 is 0 Å². The van der Waals surface area contributed by atoms with Crippen molar-refractivity contribution in [3.8, 4) is 0 Å². The quantitative estimate of drug-likeness (QED) is 0.653. The zero-order valence-corrected chi connectivity index (χ0v) is 16.8. The number of aromatic nitrogens is 1. The highest BCUT2D eigenvalue weighted by Crippen LogP contribution is 2.33. The molecule has 1 aromatic heterocycles. The van der Waals surface area contributed by atoms with Gasteiger partial charge >= 0.3 is 0 Å². The first-order valence-electron chi connectivity index (χ1n) is 8.49. The molecule has 0 aliphatic carbocycles. The van der Waals surface area contributed by atoms with Gasteiger partial charge in [0.25, 0.3) is 0 Å². The van der Waals surface area contributed by atoms with Gasteiger partial charge in [0.15, 0.2) is 0 Å². The predicted molar refractivity (Wildman–Crippen MR) is 109 cm³/mol. The van der Waals surface area contributed by atoms with Gasteiger partial charge in [-0.15, -0.1) is 0 Å². The number of sulfonamides is 1. The molecule has 4 nitrogen and oxygen atoms in total. The van der Waals surface area contributed by atoms with Gasteiger partial charge in [-0.3, -0.25) is 0 Å². The Balaban J connectivity index is 1.64. The SMILES string of the molecule is Cc1[nH]c2ccccc2c1C1=CCN(S(=O)(=O)c2ccc(Br)cc2)CC1. The Morgan fingerprint density at radius 1 is 1.08 bits per heavy atom. The number of para-hydroxylation sites is 1. The van der Waals surface area contributed by atoms with E-state index in [0.717, 1.165) is 15.7 Å². The number of aromatic amines is 1. The monoisotopic (exact) mass is 430 g/mol. The number of hydrogen-bond acceptors (Lipinski definition) is 2. The number of rotatable bonds is 3. The first kappa shape index (κ1) is 17.5. The molecule has 1 aliphatic heterocycles. The molecule has 1 aliphatic rings. The third-order valence-electron chi connectivity index (χ3n) is 4.84.